The molecule has 4 nitrogen and oxygen atoms in total. The van der Waals surface area contributed by atoms with E-state index in [1.54, 1.807) is 24.3 Å². The molecule has 2 rings (SSSR count). The molecule has 0 bridgehead atoms. The van der Waals surface area contributed by atoms with Gasteiger partial charge in [0.05, 0.1) is 0 Å². The standard InChI is InChI=1S/C14H19ClN2O2/c1-10-8-17(11(2)7-16-10)14(18)9-19-13-5-3-12(15)4-6-13/h3-6,10-11,16H,7-9H2,1-2H3. The van der Waals surface area contributed by atoms with Crippen LogP contribution in [0, 0.1) is 0 Å². The van der Waals surface area contributed by atoms with Crippen molar-refractivity contribution in [1.29, 1.82) is 0 Å². The molecule has 2 atom stereocenters. The Morgan fingerprint density at radius 3 is 2.79 bits per heavy atom. The maximum atomic E-state index is 12.1. The molecule has 1 aromatic rings. The number of carbonyl (C=O) groups excluding carboxylic acids is 1. The van der Waals surface area contributed by atoms with Crippen LogP contribution in [0.3, 0.4) is 0 Å². The van der Waals surface area contributed by atoms with Crippen molar-refractivity contribution in [2.45, 2.75) is 25.9 Å². The van der Waals surface area contributed by atoms with Gasteiger partial charge in [0.1, 0.15) is 5.75 Å². The van der Waals surface area contributed by atoms with Crippen LogP contribution in [-0.4, -0.2) is 42.6 Å². The third-order valence-electron chi connectivity index (χ3n) is 3.26. The Morgan fingerprint density at radius 1 is 1.42 bits per heavy atom. The molecule has 1 N–H and O–H groups in total. The first kappa shape index (κ1) is 14.2. The third-order valence-corrected chi connectivity index (χ3v) is 3.51. The normalized spacial score (nSPS) is 23.2. The van der Waals surface area contributed by atoms with Crippen LogP contribution in [0.25, 0.3) is 0 Å². The lowest BCUT2D eigenvalue weighted by atomic mass is 10.1. The summed E-state index contributed by atoms with van der Waals surface area (Å²) in [6, 6.07) is 7.56. The van der Waals surface area contributed by atoms with Gasteiger partial charge in [-0.3, -0.25) is 4.79 Å². The molecule has 0 radical (unpaired) electrons. The van der Waals surface area contributed by atoms with Gasteiger partial charge in [0.15, 0.2) is 6.61 Å². The van der Waals surface area contributed by atoms with E-state index >= 15 is 0 Å². The summed E-state index contributed by atoms with van der Waals surface area (Å²) in [4.78, 5) is 14.0. The Bertz CT molecular complexity index is 436. The number of piperazine rings is 1. The van der Waals surface area contributed by atoms with E-state index in [2.05, 4.69) is 12.2 Å². The fourth-order valence-electron chi connectivity index (χ4n) is 2.13. The largest absolute Gasteiger partial charge is 0.484 e. The van der Waals surface area contributed by atoms with Crippen LogP contribution in [0.15, 0.2) is 24.3 Å². The number of carbonyl (C=O) groups is 1. The predicted octanol–water partition coefficient (Wildman–Crippen LogP) is 1.93. The number of hydrogen-bond acceptors (Lipinski definition) is 3. The first-order chi connectivity index (χ1) is 9.06. The van der Waals surface area contributed by atoms with E-state index in [4.69, 9.17) is 16.3 Å². The van der Waals surface area contributed by atoms with E-state index in [1.807, 2.05) is 11.8 Å². The van der Waals surface area contributed by atoms with Crippen molar-refractivity contribution in [3.05, 3.63) is 29.3 Å². The topological polar surface area (TPSA) is 41.6 Å². The van der Waals surface area contributed by atoms with Gasteiger partial charge in [-0.15, -0.1) is 0 Å². The van der Waals surface area contributed by atoms with Crippen LogP contribution >= 0.6 is 11.6 Å². The second kappa shape index (κ2) is 6.26. The van der Waals surface area contributed by atoms with Crippen LogP contribution in [0.4, 0.5) is 0 Å². The Labute approximate surface area is 118 Å². The smallest absolute Gasteiger partial charge is 0.260 e. The highest BCUT2D eigenvalue weighted by Gasteiger charge is 2.26. The van der Waals surface area contributed by atoms with Crippen LogP contribution < -0.4 is 10.1 Å². The molecule has 0 saturated carbocycles. The summed E-state index contributed by atoms with van der Waals surface area (Å²) in [6.07, 6.45) is 0. The van der Waals surface area contributed by atoms with E-state index in [-0.39, 0.29) is 18.6 Å². The number of hydrogen-bond donors (Lipinski definition) is 1. The summed E-state index contributed by atoms with van der Waals surface area (Å²) in [5.41, 5.74) is 0. The molecule has 2 unspecified atom stereocenters. The zero-order valence-electron chi connectivity index (χ0n) is 11.2. The van der Waals surface area contributed by atoms with Gasteiger partial charge < -0.3 is 15.0 Å². The summed E-state index contributed by atoms with van der Waals surface area (Å²) >= 11 is 5.79. The van der Waals surface area contributed by atoms with Crippen LogP contribution in [0.2, 0.25) is 5.02 Å². The predicted molar refractivity (Wildman–Crippen MR) is 75.6 cm³/mol. The van der Waals surface area contributed by atoms with Crippen molar-refractivity contribution in [3.63, 3.8) is 0 Å². The molecule has 19 heavy (non-hydrogen) atoms. The molecule has 5 heteroatoms. The van der Waals surface area contributed by atoms with Crippen LogP contribution in [-0.2, 0) is 4.79 Å². The SMILES string of the molecule is CC1CN(C(=O)COc2ccc(Cl)cc2)C(C)CN1. The van der Waals surface area contributed by atoms with Crippen molar-refractivity contribution < 1.29 is 9.53 Å². The fraction of sp³-hybridized carbons (Fsp3) is 0.500. The van der Waals surface area contributed by atoms with Crippen LogP contribution in [0.5, 0.6) is 5.75 Å². The highest BCUT2D eigenvalue weighted by molar-refractivity contribution is 6.30. The molecule has 1 heterocycles. The van der Waals surface area contributed by atoms with Gasteiger partial charge in [0, 0.05) is 30.2 Å². The van der Waals surface area contributed by atoms with Gasteiger partial charge in [0.2, 0.25) is 0 Å². The van der Waals surface area contributed by atoms with Gasteiger partial charge in [-0.25, -0.2) is 0 Å². The van der Waals surface area contributed by atoms with Crippen molar-refractivity contribution in [1.82, 2.24) is 10.2 Å². The van der Waals surface area contributed by atoms with Crippen molar-refractivity contribution in [2.24, 2.45) is 0 Å². The quantitative estimate of drug-likeness (QED) is 0.921. The van der Waals surface area contributed by atoms with E-state index < -0.39 is 0 Å². The summed E-state index contributed by atoms with van der Waals surface area (Å²) in [6.45, 7) is 5.74. The summed E-state index contributed by atoms with van der Waals surface area (Å²) in [5, 5.41) is 4.00. The molecular formula is C14H19ClN2O2. The Kier molecular flexibility index (Phi) is 4.66. The number of nitrogens with zero attached hydrogens (tertiary/aromatic N) is 1. The first-order valence-electron chi connectivity index (χ1n) is 6.47. The summed E-state index contributed by atoms with van der Waals surface area (Å²) < 4.78 is 5.49. The van der Waals surface area contributed by atoms with Gasteiger partial charge in [-0.05, 0) is 38.1 Å². The molecule has 1 fully saturated rings. The molecule has 104 valence electrons. The van der Waals surface area contributed by atoms with Crippen molar-refractivity contribution in [2.75, 3.05) is 19.7 Å². The minimum Gasteiger partial charge on any atom is -0.484 e. The van der Waals surface area contributed by atoms with E-state index in [0.717, 1.165) is 13.1 Å². The molecule has 0 aliphatic carbocycles. The van der Waals surface area contributed by atoms with E-state index in [9.17, 15) is 4.79 Å². The summed E-state index contributed by atoms with van der Waals surface area (Å²) in [7, 11) is 0. The van der Waals surface area contributed by atoms with Gasteiger partial charge in [-0.1, -0.05) is 11.6 Å². The van der Waals surface area contributed by atoms with Gasteiger partial charge >= 0.3 is 0 Å². The molecule has 1 aromatic carbocycles. The maximum Gasteiger partial charge on any atom is 0.260 e. The Morgan fingerprint density at radius 2 is 2.11 bits per heavy atom. The molecule has 0 spiro atoms. The highest BCUT2D eigenvalue weighted by Crippen LogP contribution is 2.16. The van der Waals surface area contributed by atoms with Crippen molar-refractivity contribution in [3.8, 4) is 5.75 Å². The second-order valence-corrected chi connectivity index (χ2v) is 5.38. The molecule has 1 saturated heterocycles. The monoisotopic (exact) mass is 282 g/mol. The zero-order chi connectivity index (χ0) is 13.8. The lowest BCUT2D eigenvalue weighted by Gasteiger charge is -2.37. The Balaban J connectivity index is 1.88. The highest BCUT2D eigenvalue weighted by atomic mass is 35.5. The van der Waals surface area contributed by atoms with Crippen LogP contribution in [0.1, 0.15) is 13.8 Å². The van der Waals surface area contributed by atoms with Gasteiger partial charge in [-0.2, -0.15) is 0 Å². The summed E-state index contributed by atoms with van der Waals surface area (Å²) in [5.74, 6) is 0.685. The number of rotatable bonds is 3. The minimum atomic E-state index is 0.0239. The van der Waals surface area contributed by atoms with E-state index in [0.29, 0.717) is 16.8 Å². The fourth-order valence-corrected chi connectivity index (χ4v) is 2.25. The maximum absolute atomic E-state index is 12.1. The molecule has 1 aliphatic rings. The molecule has 1 aliphatic heterocycles. The lowest BCUT2D eigenvalue weighted by molar-refractivity contribution is -0.136. The second-order valence-electron chi connectivity index (χ2n) is 4.95. The first-order valence-corrected chi connectivity index (χ1v) is 6.85. The number of amides is 1. The number of nitrogens with one attached hydrogen (secondary N) is 1. The molecule has 1 amide bonds. The van der Waals surface area contributed by atoms with E-state index in [1.165, 1.54) is 0 Å². The Hall–Kier alpha value is -1.26. The third kappa shape index (κ3) is 3.85. The lowest BCUT2D eigenvalue weighted by Crippen LogP contribution is -2.57. The van der Waals surface area contributed by atoms with Gasteiger partial charge in [0.25, 0.3) is 5.91 Å². The number of ether oxygens (including phenoxy) is 1. The number of halogens is 1. The molecule has 0 aromatic heterocycles. The molecular weight excluding hydrogens is 264 g/mol. The van der Waals surface area contributed by atoms with Crippen molar-refractivity contribution >= 4 is 17.5 Å². The zero-order valence-corrected chi connectivity index (χ0v) is 12.0. The average Bonchev–Trinajstić information content (AvgIpc) is 2.40. The average molecular weight is 283 g/mol. The number of benzene rings is 1. The minimum absolute atomic E-state index is 0.0239.